The van der Waals surface area contributed by atoms with Gasteiger partial charge in [0.1, 0.15) is 28.0 Å². The van der Waals surface area contributed by atoms with Gasteiger partial charge in [0.15, 0.2) is 0 Å². The topological polar surface area (TPSA) is 225 Å². The Morgan fingerprint density at radius 2 is 1.03 bits per heavy atom. The highest BCUT2D eigenvalue weighted by molar-refractivity contribution is 5.77. The molecule has 0 unspecified atom stereocenters. The number of aromatic nitrogens is 1. The minimum atomic E-state index is -0.888. The average molecular weight is 1020 g/mol. The van der Waals surface area contributed by atoms with Crippen LogP contribution in [-0.4, -0.2) is 151 Å². The Balaban J connectivity index is 2.04. The predicted molar refractivity (Wildman–Crippen MR) is 271 cm³/mol. The van der Waals surface area contributed by atoms with Gasteiger partial charge in [-0.3, -0.25) is 29.0 Å². The summed E-state index contributed by atoms with van der Waals surface area (Å²) in [5.74, 6) is -3.64. The van der Waals surface area contributed by atoms with E-state index in [-0.39, 0.29) is 45.6 Å². The van der Waals surface area contributed by atoms with Crippen LogP contribution in [0.4, 0.5) is 10.5 Å². The summed E-state index contributed by atoms with van der Waals surface area (Å²) in [6, 6.07) is 8.36. The molecule has 72 heavy (non-hydrogen) atoms. The second-order valence-corrected chi connectivity index (χ2v) is 23.4. The van der Waals surface area contributed by atoms with Crippen molar-refractivity contribution in [1.82, 2.24) is 19.4 Å². The van der Waals surface area contributed by atoms with E-state index < -0.39 is 93.8 Å². The van der Waals surface area contributed by atoms with E-state index in [9.17, 15) is 39.0 Å². The van der Waals surface area contributed by atoms with Gasteiger partial charge in [0, 0.05) is 49.4 Å². The molecule has 1 aromatic heterocycles. The van der Waals surface area contributed by atoms with Gasteiger partial charge >= 0.3 is 35.9 Å². The smallest absolute Gasteiger partial charge is 0.410 e. The highest BCUT2D eigenvalue weighted by atomic mass is 16.7. The van der Waals surface area contributed by atoms with Crippen molar-refractivity contribution in [2.24, 2.45) is 0 Å². The lowest BCUT2D eigenvalue weighted by molar-refractivity contribution is -0.164. The SMILES string of the molecule is CC(C)(C)OC(=O)CN(CC(=O)OC(C)(C)C)[C@@H](CCN(C(=O)OC(C)(C)C)[C@H]1CCCC[C@@H]1N(CC(=O)OC(C)(C)C)CC(=O)OC(C)(C)C)Cc1ccc(NCCCC(=O)On2c(O)ccc2O)cc1. The largest absolute Gasteiger partial charge is 0.492 e. The molecular formula is C53H85N5O14. The fraction of sp³-hybridized carbons (Fsp3) is 0.698. The lowest BCUT2D eigenvalue weighted by Crippen LogP contribution is -2.58. The molecule has 0 spiro atoms. The van der Waals surface area contributed by atoms with Gasteiger partial charge < -0.3 is 49.0 Å². The van der Waals surface area contributed by atoms with E-state index in [4.69, 9.17) is 28.5 Å². The number of esters is 4. The summed E-state index contributed by atoms with van der Waals surface area (Å²) in [5.41, 5.74) is -2.52. The molecule has 0 bridgehead atoms. The molecule has 3 atom stereocenters. The summed E-state index contributed by atoms with van der Waals surface area (Å²) in [6.07, 6.45) is 2.95. The summed E-state index contributed by atoms with van der Waals surface area (Å²) in [4.78, 5) is 91.6. The molecule has 2 aromatic rings. The maximum absolute atomic E-state index is 14.6. The molecule has 3 N–H and O–H groups in total. The lowest BCUT2D eigenvalue weighted by atomic mass is 9.87. The van der Waals surface area contributed by atoms with Gasteiger partial charge in [0.25, 0.3) is 0 Å². The summed E-state index contributed by atoms with van der Waals surface area (Å²) < 4.78 is 29.8. The summed E-state index contributed by atoms with van der Waals surface area (Å²) in [5, 5.41) is 22.8. The number of anilines is 1. The minimum absolute atomic E-state index is 0.00237. The highest BCUT2D eigenvalue weighted by Crippen LogP contribution is 2.31. The van der Waals surface area contributed by atoms with E-state index in [1.54, 1.807) is 119 Å². The number of ether oxygens (including phenoxy) is 5. The van der Waals surface area contributed by atoms with Crippen LogP contribution < -0.4 is 10.2 Å². The fourth-order valence-corrected chi connectivity index (χ4v) is 8.20. The molecule has 19 nitrogen and oxygen atoms in total. The molecular weight excluding hydrogens is 931 g/mol. The van der Waals surface area contributed by atoms with Crippen LogP contribution >= 0.6 is 0 Å². The van der Waals surface area contributed by atoms with E-state index in [0.29, 0.717) is 37.0 Å². The van der Waals surface area contributed by atoms with Crippen molar-refractivity contribution in [3.05, 3.63) is 42.0 Å². The number of carbonyl (C=O) groups is 6. The van der Waals surface area contributed by atoms with Gasteiger partial charge in [-0.2, -0.15) is 0 Å². The van der Waals surface area contributed by atoms with Crippen LogP contribution in [0.15, 0.2) is 36.4 Å². The summed E-state index contributed by atoms with van der Waals surface area (Å²) in [6.45, 7) is 26.0. The third-order valence-electron chi connectivity index (χ3n) is 10.7. The van der Waals surface area contributed by atoms with Crippen LogP contribution in [0.1, 0.15) is 154 Å². The van der Waals surface area contributed by atoms with Crippen molar-refractivity contribution >= 4 is 41.6 Å². The third kappa shape index (κ3) is 23.3. The summed E-state index contributed by atoms with van der Waals surface area (Å²) >= 11 is 0. The first kappa shape index (κ1) is 60.7. The Kier molecular flexibility index (Phi) is 21.8. The number of hydrogen-bond donors (Lipinski definition) is 3. The van der Waals surface area contributed by atoms with Crippen LogP contribution in [0, 0.1) is 0 Å². The normalized spacial score (nSPS) is 16.1. The van der Waals surface area contributed by atoms with Crippen molar-refractivity contribution in [2.45, 2.75) is 201 Å². The maximum Gasteiger partial charge on any atom is 0.410 e. The highest BCUT2D eigenvalue weighted by Gasteiger charge is 2.41. The number of nitrogens with one attached hydrogen (secondary N) is 1. The monoisotopic (exact) mass is 1020 g/mol. The van der Waals surface area contributed by atoms with Crippen molar-refractivity contribution in [3.63, 3.8) is 0 Å². The quantitative estimate of drug-likeness (QED) is 0.0587. The van der Waals surface area contributed by atoms with Crippen molar-refractivity contribution < 1.29 is 67.5 Å². The Morgan fingerprint density at radius 3 is 1.47 bits per heavy atom. The zero-order chi connectivity index (χ0) is 54.4. The van der Waals surface area contributed by atoms with Crippen molar-refractivity contribution in [1.29, 1.82) is 0 Å². The van der Waals surface area contributed by atoms with E-state index in [0.717, 1.165) is 24.1 Å². The van der Waals surface area contributed by atoms with Crippen LogP contribution in [0.25, 0.3) is 0 Å². The minimum Gasteiger partial charge on any atom is -0.492 e. The molecule has 1 aromatic carbocycles. The standard InChI is InChI=1S/C53H85N5O14/c1-49(2,3)67-44(62)32-55(33-45(63)68-50(4,5)6)38(31-36-22-24-37(25-23-36)54-29-18-21-43(61)72-58-41(59)26-27-42(58)60)28-30-57(48(66)71-53(13,14)15)40-20-17-16-19-39(40)56(34-46(64)69-51(7,8)9)35-47(65)70-52(10,11)12/h22-27,38-40,54,59-60H,16-21,28-35H2,1-15H3/t38-,39-,40-/m0/s1. The first-order valence-corrected chi connectivity index (χ1v) is 25.0. The van der Waals surface area contributed by atoms with Crippen LogP contribution in [-0.2, 0) is 54.1 Å². The Hall–Kier alpha value is -5.56. The maximum atomic E-state index is 14.6. The van der Waals surface area contributed by atoms with E-state index in [2.05, 4.69) is 5.32 Å². The molecule has 0 saturated heterocycles. The van der Waals surface area contributed by atoms with Crippen molar-refractivity contribution in [2.75, 3.05) is 44.6 Å². The van der Waals surface area contributed by atoms with Crippen LogP contribution in [0.3, 0.4) is 0 Å². The first-order valence-electron chi connectivity index (χ1n) is 25.0. The number of benzene rings is 1. The number of amides is 1. The molecule has 1 heterocycles. The lowest BCUT2D eigenvalue weighted by Gasteiger charge is -2.45. The van der Waals surface area contributed by atoms with Gasteiger partial charge in [-0.25, -0.2) is 9.59 Å². The molecule has 0 radical (unpaired) electrons. The second kappa shape index (κ2) is 25.9. The van der Waals surface area contributed by atoms with Crippen molar-refractivity contribution in [3.8, 4) is 11.8 Å². The van der Waals surface area contributed by atoms with Gasteiger partial charge in [0.2, 0.25) is 11.8 Å². The Labute approximate surface area is 427 Å². The molecule has 1 amide bonds. The first-order chi connectivity index (χ1) is 33.1. The summed E-state index contributed by atoms with van der Waals surface area (Å²) in [7, 11) is 0. The van der Waals surface area contributed by atoms with Gasteiger partial charge in [-0.15, -0.1) is 4.73 Å². The molecule has 19 heteroatoms. The molecule has 406 valence electrons. The number of aromatic hydroxyl groups is 2. The van der Waals surface area contributed by atoms with Gasteiger partial charge in [-0.1, -0.05) is 25.0 Å². The van der Waals surface area contributed by atoms with Gasteiger partial charge in [0.05, 0.1) is 32.2 Å². The second-order valence-electron chi connectivity index (χ2n) is 23.4. The molecule has 0 aliphatic heterocycles. The predicted octanol–water partition coefficient (Wildman–Crippen LogP) is 7.57. The number of nitrogens with zero attached hydrogens (tertiary/aromatic N) is 4. The molecule has 1 aliphatic carbocycles. The molecule has 1 fully saturated rings. The van der Waals surface area contributed by atoms with E-state index >= 15 is 0 Å². The zero-order valence-corrected chi connectivity index (χ0v) is 45.7. The van der Waals surface area contributed by atoms with Gasteiger partial charge in [-0.05, 0) is 154 Å². The fourth-order valence-electron chi connectivity index (χ4n) is 8.20. The Morgan fingerprint density at radius 1 is 0.597 bits per heavy atom. The van der Waals surface area contributed by atoms with Crippen LogP contribution in [0.2, 0.25) is 0 Å². The third-order valence-corrected chi connectivity index (χ3v) is 10.7. The zero-order valence-electron chi connectivity index (χ0n) is 45.7. The molecule has 1 aliphatic rings. The molecule has 3 rings (SSSR count). The van der Waals surface area contributed by atoms with Crippen LogP contribution in [0.5, 0.6) is 11.8 Å². The number of carbonyl (C=O) groups excluding carboxylic acids is 6. The Bertz CT molecular complexity index is 2020. The average Bonchev–Trinajstić information content (AvgIpc) is 3.51. The number of rotatable bonds is 22. The number of hydrogen-bond acceptors (Lipinski definition) is 17. The molecule has 1 saturated carbocycles. The van der Waals surface area contributed by atoms with E-state index in [1.807, 2.05) is 24.3 Å². The van der Waals surface area contributed by atoms with E-state index in [1.165, 1.54) is 12.1 Å².